The zero-order valence-corrected chi connectivity index (χ0v) is 11.8. The van der Waals surface area contributed by atoms with Crippen LogP contribution in [0.2, 0.25) is 0 Å². The first-order chi connectivity index (χ1) is 8.33. The van der Waals surface area contributed by atoms with Crippen molar-refractivity contribution in [2.24, 2.45) is 0 Å². The Morgan fingerprint density at radius 2 is 2.06 bits per heavy atom. The monoisotopic (exact) mass is 273 g/mol. The molecule has 0 aliphatic heterocycles. The first-order valence-corrected chi connectivity index (χ1v) is 8.06. The summed E-state index contributed by atoms with van der Waals surface area (Å²) in [6.45, 7) is 4.54. The quantitative estimate of drug-likeness (QED) is 0.864. The van der Waals surface area contributed by atoms with Gasteiger partial charge in [-0.3, -0.25) is 0 Å². The maximum atomic E-state index is 13.1. The third-order valence-corrected chi connectivity index (χ3v) is 3.81. The first-order valence-electron chi connectivity index (χ1n) is 6.00. The Bertz CT molecular complexity index is 500. The van der Waals surface area contributed by atoms with E-state index in [0.717, 1.165) is 17.7 Å². The third-order valence-electron chi connectivity index (χ3n) is 2.84. The summed E-state index contributed by atoms with van der Waals surface area (Å²) in [5, 5.41) is 3.24. The fourth-order valence-electron chi connectivity index (χ4n) is 1.98. The fraction of sp³-hybridized carbons (Fsp3) is 0.538. The van der Waals surface area contributed by atoms with Crippen molar-refractivity contribution in [2.75, 3.05) is 18.6 Å². The van der Waals surface area contributed by atoms with Crippen molar-refractivity contribution in [1.29, 1.82) is 0 Å². The van der Waals surface area contributed by atoms with E-state index >= 15 is 0 Å². The van der Waals surface area contributed by atoms with Crippen molar-refractivity contribution in [3.05, 3.63) is 35.1 Å². The van der Waals surface area contributed by atoms with Gasteiger partial charge in [0.05, 0.1) is 5.75 Å². The Balaban J connectivity index is 2.90. The summed E-state index contributed by atoms with van der Waals surface area (Å²) in [6, 6.07) is 4.55. The van der Waals surface area contributed by atoms with Crippen LogP contribution in [0.25, 0.3) is 0 Å². The van der Waals surface area contributed by atoms with Gasteiger partial charge in [0.2, 0.25) is 0 Å². The van der Waals surface area contributed by atoms with Crippen LogP contribution in [0.3, 0.4) is 0 Å². The molecule has 0 radical (unpaired) electrons. The van der Waals surface area contributed by atoms with E-state index in [9.17, 15) is 12.8 Å². The average molecular weight is 273 g/mol. The van der Waals surface area contributed by atoms with Crippen LogP contribution in [-0.2, 0) is 9.84 Å². The minimum atomic E-state index is -2.98. The summed E-state index contributed by atoms with van der Waals surface area (Å²) < 4.78 is 35.5. The molecule has 0 bridgehead atoms. The van der Waals surface area contributed by atoms with E-state index in [2.05, 4.69) is 5.32 Å². The molecule has 1 atom stereocenters. The lowest BCUT2D eigenvalue weighted by molar-refractivity contribution is 0.526. The Labute approximate surface area is 108 Å². The van der Waals surface area contributed by atoms with Gasteiger partial charge in [0.15, 0.2) is 0 Å². The molecule has 0 saturated heterocycles. The number of halogens is 1. The van der Waals surface area contributed by atoms with Gasteiger partial charge in [-0.25, -0.2) is 12.8 Å². The zero-order chi connectivity index (χ0) is 13.8. The molecule has 3 nitrogen and oxygen atoms in total. The summed E-state index contributed by atoms with van der Waals surface area (Å²) in [4.78, 5) is 0. The molecule has 0 spiro atoms. The highest BCUT2D eigenvalue weighted by Crippen LogP contribution is 2.22. The van der Waals surface area contributed by atoms with Crippen LogP contribution in [0, 0.1) is 12.7 Å². The summed E-state index contributed by atoms with van der Waals surface area (Å²) in [5.74, 6) is -0.142. The van der Waals surface area contributed by atoms with Gasteiger partial charge in [-0.1, -0.05) is 13.0 Å². The van der Waals surface area contributed by atoms with Gasteiger partial charge in [-0.15, -0.1) is 0 Å². The lowest BCUT2D eigenvalue weighted by atomic mass is 9.99. The highest BCUT2D eigenvalue weighted by Gasteiger charge is 2.15. The van der Waals surface area contributed by atoms with Gasteiger partial charge in [-0.2, -0.15) is 0 Å². The molecular weight excluding hydrogens is 253 g/mol. The third kappa shape index (κ3) is 4.74. The van der Waals surface area contributed by atoms with E-state index in [1.165, 1.54) is 18.4 Å². The lowest BCUT2D eigenvalue weighted by Crippen LogP contribution is -2.24. The molecule has 1 rings (SSSR count). The number of sulfone groups is 1. The van der Waals surface area contributed by atoms with E-state index in [1.54, 1.807) is 6.07 Å². The van der Waals surface area contributed by atoms with E-state index in [-0.39, 0.29) is 17.6 Å². The molecule has 1 N–H and O–H groups in total. The van der Waals surface area contributed by atoms with E-state index < -0.39 is 9.84 Å². The molecule has 0 aliphatic rings. The highest BCUT2D eigenvalue weighted by molar-refractivity contribution is 7.90. The number of aryl methyl sites for hydroxylation is 1. The number of rotatable bonds is 6. The summed E-state index contributed by atoms with van der Waals surface area (Å²) >= 11 is 0. The molecule has 18 heavy (non-hydrogen) atoms. The van der Waals surface area contributed by atoms with Crippen LogP contribution in [0.1, 0.15) is 30.5 Å². The Morgan fingerprint density at radius 1 is 1.39 bits per heavy atom. The zero-order valence-electron chi connectivity index (χ0n) is 11.0. The number of nitrogens with one attached hydrogen (secondary N) is 1. The second-order valence-electron chi connectivity index (χ2n) is 4.53. The molecule has 0 amide bonds. The van der Waals surface area contributed by atoms with Crippen LogP contribution in [0.15, 0.2) is 18.2 Å². The lowest BCUT2D eigenvalue weighted by Gasteiger charge is -2.20. The SMILES string of the molecule is CCNC(CCS(C)(=O)=O)c1ccc(F)cc1C. The average Bonchev–Trinajstić information content (AvgIpc) is 2.24. The van der Waals surface area contributed by atoms with E-state index in [0.29, 0.717) is 6.42 Å². The van der Waals surface area contributed by atoms with Gasteiger partial charge in [0.25, 0.3) is 0 Å². The van der Waals surface area contributed by atoms with Crippen molar-refractivity contribution in [3.63, 3.8) is 0 Å². The minimum absolute atomic E-state index is 0.0506. The van der Waals surface area contributed by atoms with Gasteiger partial charge in [-0.05, 0) is 43.1 Å². The fourth-order valence-corrected chi connectivity index (χ4v) is 2.64. The van der Waals surface area contributed by atoms with Crippen molar-refractivity contribution in [2.45, 2.75) is 26.3 Å². The van der Waals surface area contributed by atoms with Crippen LogP contribution < -0.4 is 5.32 Å². The van der Waals surface area contributed by atoms with Crippen LogP contribution in [0.4, 0.5) is 4.39 Å². The maximum absolute atomic E-state index is 13.1. The first kappa shape index (κ1) is 15.1. The standard InChI is InChI=1S/C13H20FNO2S/c1-4-15-13(7-8-18(3,16)17)12-6-5-11(14)9-10(12)2/h5-6,9,13,15H,4,7-8H2,1-3H3. The Kier molecular flexibility index (Phi) is 5.28. The molecule has 0 aliphatic carbocycles. The van der Waals surface area contributed by atoms with Gasteiger partial charge < -0.3 is 5.32 Å². The predicted octanol–water partition coefficient (Wildman–Crippen LogP) is 2.22. The molecular formula is C13H20FNO2S. The Morgan fingerprint density at radius 3 is 2.56 bits per heavy atom. The van der Waals surface area contributed by atoms with Gasteiger partial charge in [0, 0.05) is 12.3 Å². The largest absolute Gasteiger partial charge is 0.310 e. The van der Waals surface area contributed by atoms with E-state index in [1.807, 2.05) is 13.8 Å². The van der Waals surface area contributed by atoms with E-state index in [4.69, 9.17) is 0 Å². The van der Waals surface area contributed by atoms with Crippen molar-refractivity contribution in [1.82, 2.24) is 5.32 Å². The van der Waals surface area contributed by atoms with Crippen LogP contribution in [0.5, 0.6) is 0 Å². The maximum Gasteiger partial charge on any atom is 0.147 e. The summed E-state index contributed by atoms with van der Waals surface area (Å²) in [5.41, 5.74) is 1.80. The molecule has 1 unspecified atom stereocenters. The molecule has 102 valence electrons. The molecule has 0 heterocycles. The summed E-state index contributed by atoms with van der Waals surface area (Å²) in [7, 11) is -2.98. The molecule has 0 saturated carbocycles. The molecule has 5 heteroatoms. The number of hydrogen-bond donors (Lipinski definition) is 1. The second-order valence-corrected chi connectivity index (χ2v) is 6.79. The smallest absolute Gasteiger partial charge is 0.147 e. The Hall–Kier alpha value is -0.940. The number of benzene rings is 1. The topological polar surface area (TPSA) is 46.2 Å². The second kappa shape index (κ2) is 6.29. The van der Waals surface area contributed by atoms with Crippen molar-refractivity contribution < 1.29 is 12.8 Å². The summed E-state index contributed by atoms with van der Waals surface area (Å²) in [6.07, 6.45) is 1.73. The van der Waals surface area contributed by atoms with Crippen molar-refractivity contribution in [3.8, 4) is 0 Å². The number of hydrogen-bond acceptors (Lipinski definition) is 3. The molecule has 0 fully saturated rings. The minimum Gasteiger partial charge on any atom is -0.310 e. The van der Waals surface area contributed by atoms with Crippen LogP contribution in [-0.4, -0.2) is 27.0 Å². The normalized spacial score (nSPS) is 13.6. The van der Waals surface area contributed by atoms with Gasteiger partial charge in [0.1, 0.15) is 15.7 Å². The highest BCUT2D eigenvalue weighted by atomic mass is 32.2. The van der Waals surface area contributed by atoms with Crippen molar-refractivity contribution >= 4 is 9.84 Å². The molecule has 1 aromatic carbocycles. The predicted molar refractivity (Wildman–Crippen MR) is 71.9 cm³/mol. The molecule has 0 aromatic heterocycles. The van der Waals surface area contributed by atoms with Gasteiger partial charge >= 0.3 is 0 Å². The van der Waals surface area contributed by atoms with Crippen LogP contribution >= 0.6 is 0 Å². The molecule has 1 aromatic rings.